The molecule has 0 aliphatic carbocycles. The zero-order chi connectivity index (χ0) is 12.1. The third-order valence-electron chi connectivity index (χ3n) is 1.74. The Morgan fingerprint density at radius 2 is 1.94 bits per heavy atom. The molecule has 0 aliphatic rings. The lowest BCUT2D eigenvalue weighted by atomic mass is 10.3. The highest BCUT2D eigenvalue weighted by Crippen LogP contribution is 2.17. The Kier molecular flexibility index (Phi) is 4.55. The van der Waals surface area contributed by atoms with E-state index in [4.69, 9.17) is 9.47 Å². The first kappa shape index (κ1) is 12.8. The second-order valence-electron chi connectivity index (χ2n) is 3.33. The van der Waals surface area contributed by atoms with Gasteiger partial charge in [0.15, 0.2) is 0 Å². The summed E-state index contributed by atoms with van der Waals surface area (Å²) in [7, 11) is 0. The van der Waals surface area contributed by atoms with Gasteiger partial charge < -0.3 is 9.47 Å². The number of hydrogen-bond acceptors (Lipinski definition) is 3. The first-order valence-corrected chi connectivity index (χ1v) is 5.57. The highest BCUT2D eigenvalue weighted by Gasteiger charge is 2.10. The van der Waals surface area contributed by atoms with E-state index in [1.807, 2.05) is 12.1 Å². The molecule has 0 aliphatic heterocycles. The Morgan fingerprint density at radius 1 is 1.38 bits per heavy atom. The summed E-state index contributed by atoms with van der Waals surface area (Å²) in [6.45, 7) is 6.74. The van der Waals surface area contributed by atoms with Gasteiger partial charge in [-0.15, -0.1) is 0 Å². The molecule has 86 valence electrons. The molecular formula is C12H13BrO3. The number of carbonyl (C=O) groups excluding carboxylic acids is 1. The third-order valence-corrected chi connectivity index (χ3v) is 2.27. The number of rotatable bonds is 4. The molecule has 1 atom stereocenters. The van der Waals surface area contributed by atoms with Crippen LogP contribution in [0.3, 0.4) is 0 Å². The maximum Gasteiger partial charge on any atom is 0.336 e. The van der Waals surface area contributed by atoms with Crippen LogP contribution in [0.25, 0.3) is 0 Å². The number of hydrogen-bond donors (Lipinski definition) is 0. The first-order valence-electron chi connectivity index (χ1n) is 4.78. The number of esters is 1. The fraction of sp³-hybridized carbons (Fsp3) is 0.250. The van der Waals surface area contributed by atoms with Gasteiger partial charge in [0.2, 0.25) is 6.29 Å². The van der Waals surface area contributed by atoms with Crippen molar-refractivity contribution >= 4 is 21.9 Å². The standard InChI is InChI=1S/C12H13BrO3/c1-8(2)12(14)16-9(3)15-11-6-4-10(13)5-7-11/h4-7,9H,1H2,2-3H3. The highest BCUT2D eigenvalue weighted by atomic mass is 79.9. The zero-order valence-corrected chi connectivity index (χ0v) is 10.8. The second-order valence-corrected chi connectivity index (χ2v) is 4.24. The molecule has 0 bridgehead atoms. The third kappa shape index (κ3) is 4.06. The lowest BCUT2D eigenvalue weighted by molar-refractivity contribution is -0.156. The summed E-state index contributed by atoms with van der Waals surface area (Å²) in [5, 5.41) is 0. The van der Waals surface area contributed by atoms with E-state index in [9.17, 15) is 4.79 Å². The van der Waals surface area contributed by atoms with Crippen molar-refractivity contribution < 1.29 is 14.3 Å². The zero-order valence-electron chi connectivity index (χ0n) is 9.20. The predicted molar refractivity (Wildman–Crippen MR) is 65.1 cm³/mol. The van der Waals surface area contributed by atoms with E-state index in [0.717, 1.165) is 4.47 Å². The van der Waals surface area contributed by atoms with Crippen LogP contribution in [0, 0.1) is 0 Å². The van der Waals surface area contributed by atoms with Crippen molar-refractivity contribution in [1.82, 2.24) is 0 Å². The number of halogens is 1. The fourth-order valence-electron chi connectivity index (χ4n) is 0.980. The summed E-state index contributed by atoms with van der Waals surface area (Å²) in [6, 6.07) is 7.27. The largest absolute Gasteiger partial charge is 0.455 e. The van der Waals surface area contributed by atoms with Crippen molar-refractivity contribution in [2.24, 2.45) is 0 Å². The maximum absolute atomic E-state index is 11.2. The van der Waals surface area contributed by atoms with Gasteiger partial charge in [0, 0.05) is 17.0 Å². The highest BCUT2D eigenvalue weighted by molar-refractivity contribution is 9.10. The van der Waals surface area contributed by atoms with Gasteiger partial charge >= 0.3 is 5.97 Å². The first-order chi connectivity index (χ1) is 7.49. The molecule has 1 unspecified atom stereocenters. The van der Waals surface area contributed by atoms with E-state index in [-0.39, 0.29) is 0 Å². The summed E-state index contributed by atoms with van der Waals surface area (Å²) in [5.74, 6) is 0.190. The minimum atomic E-state index is -0.634. The van der Waals surface area contributed by atoms with E-state index in [1.54, 1.807) is 26.0 Å². The van der Waals surface area contributed by atoms with E-state index in [1.165, 1.54) is 0 Å². The van der Waals surface area contributed by atoms with Crippen molar-refractivity contribution in [2.75, 3.05) is 0 Å². The van der Waals surface area contributed by atoms with Gasteiger partial charge in [-0.05, 0) is 31.2 Å². The molecule has 0 fully saturated rings. The molecule has 0 heterocycles. The monoisotopic (exact) mass is 284 g/mol. The molecule has 0 saturated heterocycles. The SMILES string of the molecule is C=C(C)C(=O)OC(C)Oc1ccc(Br)cc1. The van der Waals surface area contributed by atoms with Crippen LogP contribution >= 0.6 is 15.9 Å². The molecule has 1 aromatic carbocycles. The molecule has 4 heteroatoms. The number of benzene rings is 1. The average molecular weight is 285 g/mol. The molecule has 0 amide bonds. The van der Waals surface area contributed by atoms with Gasteiger partial charge in [-0.3, -0.25) is 0 Å². The van der Waals surface area contributed by atoms with Gasteiger partial charge in [-0.25, -0.2) is 4.79 Å². The molecule has 0 saturated carbocycles. The van der Waals surface area contributed by atoms with Gasteiger partial charge in [0.25, 0.3) is 0 Å². The van der Waals surface area contributed by atoms with Gasteiger partial charge in [-0.2, -0.15) is 0 Å². The molecule has 0 radical (unpaired) electrons. The molecular weight excluding hydrogens is 272 g/mol. The second kappa shape index (κ2) is 5.70. The van der Waals surface area contributed by atoms with Crippen LogP contribution in [0.15, 0.2) is 40.9 Å². The van der Waals surface area contributed by atoms with E-state index in [0.29, 0.717) is 11.3 Å². The number of ether oxygens (including phenoxy) is 2. The van der Waals surface area contributed by atoms with E-state index in [2.05, 4.69) is 22.5 Å². The average Bonchev–Trinajstić information content (AvgIpc) is 2.21. The van der Waals surface area contributed by atoms with Crippen molar-refractivity contribution in [3.8, 4) is 5.75 Å². The molecule has 16 heavy (non-hydrogen) atoms. The molecule has 1 rings (SSSR count). The van der Waals surface area contributed by atoms with E-state index < -0.39 is 12.3 Å². The van der Waals surface area contributed by atoms with Crippen molar-refractivity contribution in [1.29, 1.82) is 0 Å². The Labute approximate surface area is 103 Å². The minimum Gasteiger partial charge on any atom is -0.455 e. The lowest BCUT2D eigenvalue weighted by Crippen LogP contribution is -2.21. The quantitative estimate of drug-likeness (QED) is 0.484. The Hall–Kier alpha value is -1.29. The fourth-order valence-corrected chi connectivity index (χ4v) is 1.24. The summed E-state index contributed by atoms with van der Waals surface area (Å²) < 4.78 is 11.3. The van der Waals surface area contributed by atoms with Crippen LogP contribution in [0.5, 0.6) is 5.75 Å². The Morgan fingerprint density at radius 3 is 2.44 bits per heavy atom. The lowest BCUT2D eigenvalue weighted by Gasteiger charge is -2.15. The smallest absolute Gasteiger partial charge is 0.336 e. The van der Waals surface area contributed by atoms with Gasteiger partial charge in [0.1, 0.15) is 5.75 Å². The van der Waals surface area contributed by atoms with Gasteiger partial charge in [0.05, 0.1) is 0 Å². The van der Waals surface area contributed by atoms with Crippen LogP contribution in [-0.2, 0) is 9.53 Å². The molecule has 0 aromatic heterocycles. The van der Waals surface area contributed by atoms with Crippen molar-refractivity contribution in [3.05, 3.63) is 40.9 Å². The van der Waals surface area contributed by atoms with E-state index >= 15 is 0 Å². The van der Waals surface area contributed by atoms with Crippen LogP contribution in [0.1, 0.15) is 13.8 Å². The maximum atomic E-state index is 11.2. The topological polar surface area (TPSA) is 35.5 Å². The summed E-state index contributed by atoms with van der Waals surface area (Å²) in [4.78, 5) is 11.2. The normalized spacial score (nSPS) is 11.7. The van der Waals surface area contributed by atoms with Crippen LogP contribution in [-0.4, -0.2) is 12.3 Å². The van der Waals surface area contributed by atoms with Crippen molar-refractivity contribution in [3.63, 3.8) is 0 Å². The Bertz CT molecular complexity index is 384. The van der Waals surface area contributed by atoms with Crippen LogP contribution < -0.4 is 4.74 Å². The molecule has 1 aromatic rings. The minimum absolute atomic E-state index is 0.353. The summed E-state index contributed by atoms with van der Waals surface area (Å²) >= 11 is 3.32. The van der Waals surface area contributed by atoms with Gasteiger partial charge in [-0.1, -0.05) is 22.5 Å². The molecule has 3 nitrogen and oxygen atoms in total. The number of carbonyl (C=O) groups is 1. The predicted octanol–water partition coefficient (Wildman–Crippen LogP) is 3.29. The van der Waals surface area contributed by atoms with Crippen LogP contribution in [0.2, 0.25) is 0 Å². The van der Waals surface area contributed by atoms with Crippen molar-refractivity contribution in [2.45, 2.75) is 20.1 Å². The molecule has 0 spiro atoms. The Balaban J connectivity index is 2.51. The van der Waals surface area contributed by atoms with Crippen LogP contribution in [0.4, 0.5) is 0 Å². The summed E-state index contributed by atoms with van der Waals surface area (Å²) in [5.41, 5.74) is 0.353. The summed E-state index contributed by atoms with van der Waals surface area (Å²) in [6.07, 6.45) is -0.634. The molecule has 0 N–H and O–H groups in total.